The number of aromatic carboxylic acids is 1. The van der Waals surface area contributed by atoms with E-state index >= 15 is 0 Å². The minimum Gasteiger partial charge on any atom is -0.478 e. The zero-order valence-electron chi connectivity index (χ0n) is 16.0. The predicted molar refractivity (Wildman–Crippen MR) is 115 cm³/mol. The number of carbonyl (C=O) groups is 1. The van der Waals surface area contributed by atoms with Crippen LogP contribution in [0.5, 0.6) is 0 Å². The van der Waals surface area contributed by atoms with Crippen molar-refractivity contribution in [2.45, 2.75) is 25.4 Å². The molecular weight excluding hydrogens is 384 g/mol. The third kappa shape index (κ3) is 3.61. The summed E-state index contributed by atoms with van der Waals surface area (Å²) < 4.78 is 2.03. The van der Waals surface area contributed by atoms with Crippen molar-refractivity contribution >= 4 is 23.3 Å². The first-order valence-electron chi connectivity index (χ1n) is 9.59. The molecule has 29 heavy (non-hydrogen) atoms. The van der Waals surface area contributed by atoms with Gasteiger partial charge in [0.2, 0.25) is 0 Å². The average Bonchev–Trinajstić information content (AvgIpc) is 3.34. The van der Waals surface area contributed by atoms with Crippen LogP contribution in [0.4, 0.5) is 0 Å². The van der Waals surface area contributed by atoms with Crippen molar-refractivity contribution in [1.82, 2.24) is 19.8 Å². The highest BCUT2D eigenvalue weighted by atomic mass is 32.1. The number of carboxylic acid groups (broad SMARTS) is 1. The smallest absolute Gasteiger partial charge is 0.335 e. The number of aromatic nitrogens is 2. The van der Waals surface area contributed by atoms with E-state index < -0.39 is 5.97 Å². The standard InChI is InChI=1S/C22H22N4O2S/c1-2-12-26-20(19(24-22(26)29)17-9-3-4-11-23-17)18-10-6-13-25(18)16-8-5-7-15(14-16)21(27)28/h3-11,13-14,19-20H,2,12H2,1H3,(H,24,29)(H,27,28)/t19-,20+/m1/s1. The molecule has 148 valence electrons. The number of benzene rings is 1. The molecule has 3 heterocycles. The summed E-state index contributed by atoms with van der Waals surface area (Å²) in [6.45, 7) is 2.95. The molecular formula is C22H22N4O2S. The van der Waals surface area contributed by atoms with E-state index in [0.29, 0.717) is 5.11 Å². The Morgan fingerprint density at radius 3 is 2.79 bits per heavy atom. The van der Waals surface area contributed by atoms with E-state index in [1.54, 1.807) is 24.4 Å². The van der Waals surface area contributed by atoms with E-state index in [4.69, 9.17) is 12.2 Å². The number of thiocarbonyl (C=S) groups is 1. The molecule has 0 bridgehead atoms. The predicted octanol–water partition coefficient (Wildman–Crippen LogP) is 3.95. The molecule has 6 nitrogen and oxygen atoms in total. The Balaban J connectivity index is 1.81. The minimum atomic E-state index is -0.941. The van der Waals surface area contributed by atoms with Crippen molar-refractivity contribution in [3.05, 3.63) is 83.9 Å². The van der Waals surface area contributed by atoms with Gasteiger partial charge < -0.3 is 19.9 Å². The van der Waals surface area contributed by atoms with E-state index in [1.807, 2.05) is 41.1 Å². The second-order valence-corrected chi connectivity index (χ2v) is 7.37. The molecule has 0 saturated carbocycles. The van der Waals surface area contributed by atoms with Crippen LogP contribution in [0.25, 0.3) is 5.69 Å². The third-order valence-corrected chi connectivity index (χ3v) is 5.47. The first-order chi connectivity index (χ1) is 14.1. The molecule has 3 aromatic rings. The normalized spacial score (nSPS) is 18.7. The lowest BCUT2D eigenvalue weighted by Gasteiger charge is -2.28. The summed E-state index contributed by atoms with van der Waals surface area (Å²) in [5.74, 6) is -0.941. The number of pyridine rings is 1. The van der Waals surface area contributed by atoms with Gasteiger partial charge >= 0.3 is 5.97 Å². The molecule has 1 saturated heterocycles. The van der Waals surface area contributed by atoms with Crippen LogP contribution in [0.3, 0.4) is 0 Å². The molecule has 1 aliphatic heterocycles. The molecule has 0 spiro atoms. The molecule has 7 heteroatoms. The number of nitrogens with one attached hydrogen (secondary N) is 1. The van der Waals surface area contributed by atoms with E-state index in [0.717, 1.165) is 30.0 Å². The van der Waals surface area contributed by atoms with Gasteiger partial charge in [-0.05, 0) is 61.1 Å². The molecule has 0 unspecified atom stereocenters. The zero-order valence-corrected chi connectivity index (χ0v) is 16.8. The zero-order chi connectivity index (χ0) is 20.4. The molecule has 0 aliphatic carbocycles. The van der Waals surface area contributed by atoms with E-state index in [-0.39, 0.29) is 17.6 Å². The largest absolute Gasteiger partial charge is 0.478 e. The Morgan fingerprint density at radius 1 is 1.21 bits per heavy atom. The van der Waals surface area contributed by atoms with E-state index in [1.165, 1.54) is 0 Å². The van der Waals surface area contributed by atoms with E-state index in [9.17, 15) is 9.90 Å². The van der Waals surface area contributed by atoms with Crippen LogP contribution < -0.4 is 5.32 Å². The SMILES string of the molecule is CCCN1C(=S)N[C@H](c2ccccn2)[C@@H]1c1cccn1-c1cccc(C(=O)O)c1. The molecule has 2 atom stereocenters. The lowest BCUT2D eigenvalue weighted by molar-refractivity contribution is 0.0697. The van der Waals surface area contributed by atoms with Crippen molar-refractivity contribution in [2.24, 2.45) is 0 Å². The maximum atomic E-state index is 11.4. The number of hydrogen-bond acceptors (Lipinski definition) is 3. The van der Waals surface area contributed by atoms with Gasteiger partial charge in [0, 0.05) is 30.3 Å². The van der Waals surface area contributed by atoms with Gasteiger partial charge in [-0.1, -0.05) is 19.1 Å². The van der Waals surface area contributed by atoms with Crippen LogP contribution in [-0.2, 0) is 0 Å². The fraction of sp³-hybridized carbons (Fsp3) is 0.227. The highest BCUT2D eigenvalue weighted by Gasteiger charge is 2.40. The Morgan fingerprint density at radius 2 is 2.07 bits per heavy atom. The van der Waals surface area contributed by atoms with Crippen LogP contribution in [0.15, 0.2) is 67.0 Å². The quantitative estimate of drug-likeness (QED) is 0.604. The van der Waals surface area contributed by atoms with E-state index in [2.05, 4.69) is 28.2 Å². The second-order valence-electron chi connectivity index (χ2n) is 6.98. The summed E-state index contributed by atoms with van der Waals surface area (Å²) in [4.78, 5) is 18.2. The molecule has 1 fully saturated rings. The lowest BCUT2D eigenvalue weighted by atomic mass is 10.0. The lowest BCUT2D eigenvalue weighted by Crippen LogP contribution is -2.31. The van der Waals surface area contributed by atoms with Crippen LogP contribution in [0, 0.1) is 0 Å². The number of rotatable bonds is 6. The Labute approximate surface area is 174 Å². The summed E-state index contributed by atoms with van der Waals surface area (Å²) in [6.07, 6.45) is 4.70. The molecule has 4 rings (SSSR count). The number of carboxylic acids is 1. The van der Waals surface area contributed by atoms with Gasteiger partial charge in [0.25, 0.3) is 0 Å². The fourth-order valence-corrected chi connectivity index (χ4v) is 4.20. The van der Waals surface area contributed by atoms with Gasteiger partial charge in [-0.3, -0.25) is 4.98 Å². The van der Waals surface area contributed by atoms with Crippen molar-refractivity contribution in [3.8, 4) is 5.69 Å². The van der Waals surface area contributed by atoms with Gasteiger partial charge in [0.15, 0.2) is 5.11 Å². The van der Waals surface area contributed by atoms with Gasteiger partial charge in [0.1, 0.15) is 0 Å². The maximum Gasteiger partial charge on any atom is 0.335 e. The Kier molecular flexibility index (Phi) is 5.31. The second kappa shape index (κ2) is 8.05. The highest BCUT2D eigenvalue weighted by Crippen LogP contribution is 2.39. The number of hydrogen-bond donors (Lipinski definition) is 2. The van der Waals surface area contributed by atoms with Crippen molar-refractivity contribution in [2.75, 3.05) is 6.54 Å². The summed E-state index contributed by atoms with van der Waals surface area (Å²) in [7, 11) is 0. The molecule has 2 N–H and O–H groups in total. The molecule has 0 radical (unpaired) electrons. The first kappa shape index (κ1) is 19.1. The maximum absolute atomic E-state index is 11.4. The minimum absolute atomic E-state index is 0.0548. The van der Waals surface area contributed by atoms with Gasteiger partial charge in [-0.2, -0.15) is 0 Å². The van der Waals surface area contributed by atoms with Crippen LogP contribution >= 0.6 is 12.2 Å². The third-order valence-electron chi connectivity index (χ3n) is 5.12. The molecule has 0 amide bonds. The summed E-state index contributed by atoms with van der Waals surface area (Å²) in [5.41, 5.74) is 3.02. The van der Waals surface area contributed by atoms with Gasteiger partial charge in [-0.15, -0.1) is 0 Å². The molecule has 2 aromatic heterocycles. The topological polar surface area (TPSA) is 70.4 Å². The van der Waals surface area contributed by atoms with Gasteiger partial charge in [-0.25, -0.2) is 4.79 Å². The van der Waals surface area contributed by atoms with Crippen molar-refractivity contribution in [3.63, 3.8) is 0 Å². The van der Waals surface area contributed by atoms with Crippen LogP contribution in [0.1, 0.15) is 47.2 Å². The first-order valence-corrected chi connectivity index (χ1v) is 10.00. The Hall–Kier alpha value is -3.19. The summed E-state index contributed by atoms with van der Waals surface area (Å²) >= 11 is 5.65. The molecule has 1 aromatic carbocycles. The fourth-order valence-electron chi connectivity index (χ4n) is 3.87. The highest BCUT2D eigenvalue weighted by molar-refractivity contribution is 7.80. The van der Waals surface area contributed by atoms with Crippen LogP contribution in [0.2, 0.25) is 0 Å². The van der Waals surface area contributed by atoms with Gasteiger partial charge in [0.05, 0.1) is 23.3 Å². The number of nitrogens with zero attached hydrogens (tertiary/aromatic N) is 3. The Bertz CT molecular complexity index is 1030. The van der Waals surface area contributed by atoms with Crippen molar-refractivity contribution < 1.29 is 9.90 Å². The summed E-state index contributed by atoms with van der Waals surface area (Å²) in [5, 5.41) is 13.5. The monoisotopic (exact) mass is 406 g/mol. The van der Waals surface area contributed by atoms with Crippen molar-refractivity contribution in [1.29, 1.82) is 0 Å². The van der Waals surface area contributed by atoms with Crippen LogP contribution in [-0.4, -0.2) is 37.2 Å². The summed E-state index contributed by atoms with van der Waals surface area (Å²) in [6, 6.07) is 16.7. The average molecular weight is 407 g/mol. The molecule has 1 aliphatic rings.